The number of anilines is 1. The maximum atomic E-state index is 13.6. The predicted octanol–water partition coefficient (Wildman–Crippen LogP) is 4.45. The third kappa shape index (κ3) is 4.26. The Hall–Kier alpha value is -4.11. The fourth-order valence-electron chi connectivity index (χ4n) is 3.94. The lowest BCUT2D eigenvalue weighted by molar-refractivity contribution is -0.115. The quantitative estimate of drug-likeness (QED) is 0.343. The van der Waals surface area contributed by atoms with Gasteiger partial charge < -0.3 is 10.1 Å². The van der Waals surface area contributed by atoms with Crippen LogP contribution in [0.4, 0.5) is 5.69 Å². The summed E-state index contributed by atoms with van der Waals surface area (Å²) in [4.78, 5) is 26.4. The molecular formula is C26H23N5O3S. The number of benzene rings is 3. The Labute approximate surface area is 205 Å². The van der Waals surface area contributed by atoms with Gasteiger partial charge in [0.1, 0.15) is 11.0 Å². The zero-order valence-electron chi connectivity index (χ0n) is 19.2. The monoisotopic (exact) mass is 485 g/mol. The standard InChI is InChI=1S/C26H23N5O3S/c1-3-34-21-16-10-8-14-19(21)27-23(32)22(17-11-5-4-6-12-17)35-26-29-28-25-30(2)24(33)18-13-7-9-15-20(18)31(25)26/h4-16,22H,3H2,1-2H3,(H,27,32). The van der Waals surface area contributed by atoms with E-state index in [1.165, 1.54) is 16.3 Å². The van der Waals surface area contributed by atoms with Crippen molar-refractivity contribution in [3.05, 3.63) is 94.8 Å². The SMILES string of the molecule is CCOc1ccccc1NC(=O)C(Sc1nnc2n(C)c(=O)c3ccccc3n12)c1ccccc1. The number of hydrogen-bond acceptors (Lipinski definition) is 6. The van der Waals surface area contributed by atoms with Gasteiger partial charge in [0.25, 0.3) is 5.56 Å². The molecule has 0 aliphatic rings. The van der Waals surface area contributed by atoms with Crippen molar-refractivity contribution >= 4 is 40.0 Å². The molecule has 1 atom stereocenters. The lowest BCUT2D eigenvalue weighted by atomic mass is 10.1. The lowest BCUT2D eigenvalue weighted by Gasteiger charge is -2.18. The molecule has 0 aliphatic carbocycles. The van der Waals surface area contributed by atoms with E-state index in [1.807, 2.05) is 84.1 Å². The summed E-state index contributed by atoms with van der Waals surface area (Å²) in [6.07, 6.45) is 0. The summed E-state index contributed by atoms with van der Waals surface area (Å²) < 4.78 is 8.96. The summed E-state index contributed by atoms with van der Waals surface area (Å²) in [5.74, 6) is 0.790. The van der Waals surface area contributed by atoms with Crippen LogP contribution < -0.4 is 15.6 Å². The Bertz CT molecular complexity index is 1580. The van der Waals surface area contributed by atoms with E-state index in [0.29, 0.717) is 39.9 Å². The van der Waals surface area contributed by atoms with Crippen LogP contribution >= 0.6 is 11.8 Å². The molecule has 0 spiro atoms. The maximum Gasteiger partial charge on any atom is 0.262 e. The second-order valence-corrected chi connectivity index (χ2v) is 8.90. The molecular weight excluding hydrogens is 462 g/mol. The van der Waals surface area contributed by atoms with Crippen molar-refractivity contribution in [1.82, 2.24) is 19.2 Å². The molecule has 2 aromatic heterocycles. The second kappa shape index (κ2) is 9.63. The van der Waals surface area contributed by atoms with Crippen molar-refractivity contribution in [2.24, 2.45) is 7.05 Å². The van der Waals surface area contributed by atoms with Crippen LogP contribution in [0.3, 0.4) is 0 Å². The van der Waals surface area contributed by atoms with Crippen molar-refractivity contribution in [2.45, 2.75) is 17.3 Å². The molecule has 35 heavy (non-hydrogen) atoms. The van der Waals surface area contributed by atoms with Gasteiger partial charge in [0.15, 0.2) is 5.16 Å². The number of fused-ring (bicyclic) bond motifs is 3. The van der Waals surface area contributed by atoms with Gasteiger partial charge >= 0.3 is 0 Å². The highest BCUT2D eigenvalue weighted by molar-refractivity contribution is 8.00. The number of carbonyl (C=O) groups is 1. The number of rotatable bonds is 7. The smallest absolute Gasteiger partial charge is 0.262 e. The van der Waals surface area contributed by atoms with E-state index in [1.54, 1.807) is 13.1 Å². The molecule has 0 saturated heterocycles. The molecule has 0 saturated carbocycles. The Morgan fingerprint density at radius 3 is 2.51 bits per heavy atom. The molecule has 0 bridgehead atoms. The molecule has 0 aliphatic heterocycles. The van der Waals surface area contributed by atoms with Crippen LogP contribution in [0.25, 0.3) is 16.7 Å². The Morgan fingerprint density at radius 2 is 1.71 bits per heavy atom. The van der Waals surface area contributed by atoms with Crippen molar-refractivity contribution in [3.63, 3.8) is 0 Å². The molecule has 5 rings (SSSR count). The van der Waals surface area contributed by atoms with Crippen molar-refractivity contribution < 1.29 is 9.53 Å². The van der Waals surface area contributed by atoms with Crippen LogP contribution in [0, 0.1) is 0 Å². The average molecular weight is 486 g/mol. The van der Waals surface area contributed by atoms with Crippen LogP contribution in [0.2, 0.25) is 0 Å². The number of nitrogens with one attached hydrogen (secondary N) is 1. The van der Waals surface area contributed by atoms with E-state index in [4.69, 9.17) is 4.74 Å². The molecule has 0 radical (unpaired) electrons. The first-order valence-corrected chi connectivity index (χ1v) is 12.0. The minimum Gasteiger partial charge on any atom is -0.492 e. The molecule has 5 aromatic rings. The number of aromatic nitrogens is 4. The topological polar surface area (TPSA) is 90.5 Å². The summed E-state index contributed by atoms with van der Waals surface area (Å²) >= 11 is 1.28. The number of para-hydroxylation sites is 3. The van der Waals surface area contributed by atoms with E-state index in [9.17, 15) is 9.59 Å². The number of aryl methyl sites for hydroxylation is 1. The van der Waals surface area contributed by atoms with Crippen molar-refractivity contribution in [2.75, 3.05) is 11.9 Å². The number of ether oxygens (including phenoxy) is 1. The lowest BCUT2D eigenvalue weighted by Crippen LogP contribution is -2.21. The van der Waals surface area contributed by atoms with Crippen LogP contribution in [-0.2, 0) is 11.8 Å². The minimum atomic E-state index is -0.630. The van der Waals surface area contributed by atoms with Gasteiger partial charge in [0.2, 0.25) is 11.7 Å². The van der Waals surface area contributed by atoms with Gasteiger partial charge in [0.05, 0.1) is 23.2 Å². The first-order valence-electron chi connectivity index (χ1n) is 11.2. The molecule has 2 heterocycles. The van der Waals surface area contributed by atoms with E-state index in [-0.39, 0.29) is 11.5 Å². The largest absolute Gasteiger partial charge is 0.492 e. The van der Waals surface area contributed by atoms with E-state index in [2.05, 4.69) is 15.5 Å². The third-order valence-electron chi connectivity index (χ3n) is 5.60. The van der Waals surface area contributed by atoms with E-state index < -0.39 is 5.25 Å². The van der Waals surface area contributed by atoms with Crippen molar-refractivity contribution in [1.29, 1.82) is 0 Å². The van der Waals surface area contributed by atoms with E-state index in [0.717, 1.165) is 5.56 Å². The fourth-order valence-corrected chi connectivity index (χ4v) is 4.99. The third-order valence-corrected chi connectivity index (χ3v) is 6.80. The molecule has 1 unspecified atom stereocenters. The molecule has 9 heteroatoms. The number of nitrogens with zero attached hydrogens (tertiary/aromatic N) is 4. The minimum absolute atomic E-state index is 0.151. The highest BCUT2D eigenvalue weighted by Gasteiger charge is 2.26. The van der Waals surface area contributed by atoms with Crippen LogP contribution in [0.5, 0.6) is 5.75 Å². The summed E-state index contributed by atoms with van der Waals surface area (Å²) in [5.41, 5.74) is 1.95. The first-order chi connectivity index (χ1) is 17.1. The Balaban J connectivity index is 1.59. The van der Waals surface area contributed by atoms with Crippen molar-refractivity contribution in [3.8, 4) is 5.75 Å². The predicted molar refractivity (Wildman–Crippen MR) is 137 cm³/mol. The fraction of sp³-hybridized carbons (Fsp3) is 0.154. The Kier molecular flexibility index (Phi) is 6.24. The van der Waals surface area contributed by atoms with Gasteiger partial charge in [-0.1, -0.05) is 66.4 Å². The van der Waals surface area contributed by atoms with Crippen LogP contribution in [0.15, 0.2) is 88.8 Å². The molecule has 1 N–H and O–H groups in total. The summed E-state index contributed by atoms with van der Waals surface area (Å²) in [5, 5.41) is 12.1. The Morgan fingerprint density at radius 1 is 1.00 bits per heavy atom. The van der Waals surface area contributed by atoms with E-state index >= 15 is 0 Å². The zero-order chi connectivity index (χ0) is 24.4. The van der Waals surface area contributed by atoms with Gasteiger partial charge in [-0.15, -0.1) is 10.2 Å². The van der Waals surface area contributed by atoms with Gasteiger partial charge in [-0.05, 0) is 36.8 Å². The molecule has 0 fully saturated rings. The number of thioether (sulfide) groups is 1. The zero-order valence-corrected chi connectivity index (χ0v) is 20.0. The van der Waals surface area contributed by atoms with Gasteiger partial charge in [0, 0.05) is 7.05 Å². The normalized spacial score (nSPS) is 12.1. The average Bonchev–Trinajstić information content (AvgIpc) is 3.31. The summed E-state index contributed by atoms with van der Waals surface area (Å²) in [6, 6.07) is 24.2. The number of carbonyl (C=O) groups excluding carboxylic acids is 1. The van der Waals surface area contributed by atoms with Crippen LogP contribution in [0.1, 0.15) is 17.7 Å². The van der Waals surface area contributed by atoms with Crippen LogP contribution in [-0.4, -0.2) is 31.7 Å². The molecule has 8 nitrogen and oxygen atoms in total. The number of hydrogen-bond donors (Lipinski definition) is 1. The maximum absolute atomic E-state index is 13.6. The highest BCUT2D eigenvalue weighted by atomic mass is 32.2. The molecule has 3 aromatic carbocycles. The molecule has 1 amide bonds. The summed E-state index contributed by atoms with van der Waals surface area (Å²) in [6.45, 7) is 2.39. The second-order valence-electron chi connectivity index (χ2n) is 7.83. The highest BCUT2D eigenvalue weighted by Crippen LogP contribution is 2.37. The van der Waals surface area contributed by atoms with Gasteiger partial charge in [-0.2, -0.15) is 0 Å². The molecule has 176 valence electrons. The first kappa shape index (κ1) is 22.7. The number of amides is 1. The van der Waals surface area contributed by atoms with Gasteiger partial charge in [-0.25, -0.2) is 0 Å². The summed E-state index contributed by atoms with van der Waals surface area (Å²) in [7, 11) is 1.67. The van der Waals surface area contributed by atoms with Gasteiger partial charge in [-0.3, -0.25) is 18.6 Å².